The molecule has 7 N–H and O–H groups in total. The minimum absolute atomic E-state index is 0.239. The number of carboxylic acids is 3. The van der Waals surface area contributed by atoms with E-state index < -0.39 is 80.9 Å². The Morgan fingerprint density at radius 1 is 1.06 bits per heavy atom. The average molecular weight is 465 g/mol. The van der Waals surface area contributed by atoms with E-state index in [2.05, 4.69) is 27.1 Å². The third kappa shape index (κ3) is 10.5. The normalized spacial score (nSPS) is 13.9. The molecule has 31 heavy (non-hydrogen) atoms. The van der Waals surface area contributed by atoms with Crippen molar-refractivity contribution in [2.45, 2.75) is 36.6 Å². The fourth-order valence-corrected chi connectivity index (χ4v) is 4.35. The number of hydrogen-bond donors (Lipinski definition) is 6. The highest BCUT2D eigenvalue weighted by Crippen LogP contribution is 2.31. The molecule has 0 aromatic carbocycles. The first-order chi connectivity index (χ1) is 14.2. The number of carbonyl (C=O) groups excluding carboxylic acids is 3. The Hall–Kier alpha value is -3.13. The molecular weight excluding hydrogens is 438 g/mol. The predicted octanol–water partition coefficient (Wildman–Crippen LogP) is -2.45. The summed E-state index contributed by atoms with van der Waals surface area (Å²) in [6.07, 6.45) is -1.17. The number of amides is 2. The van der Waals surface area contributed by atoms with Gasteiger partial charge >= 0.3 is 23.9 Å². The van der Waals surface area contributed by atoms with E-state index in [-0.39, 0.29) is 12.8 Å². The second-order valence-electron chi connectivity index (χ2n) is 6.60. The maximum absolute atomic E-state index is 12.4. The zero-order valence-corrected chi connectivity index (χ0v) is 17.7. The number of hydrogen-bond acceptors (Lipinski definition) is 8. The summed E-state index contributed by atoms with van der Waals surface area (Å²) in [4.78, 5) is 69.2. The van der Waals surface area contributed by atoms with E-state index in [4.69, 9.17) is 15.9 Å². The van der Waals surface area contributed by atoms with Crippen LogP contribution in [0.2, 0.25) is 0 Å². The van der Waals surface area contributed by atoms with E-state index in [1.54, 1.807) is 0 Å². The largest absolute Gasteiger partial charge is 0.480 e. The summed E-state index contributed by atoms with van der Waals surface area (Å²) in [6.45, 7) is -0.768. The van der Waals surface area contributed by atoms with E-state index >= 15 is 0 Å². The molecule has 0 aliphatic heterocycles. The third-order valence-electron chi connectivity index (χ3n) is 4.02. The van der Waals surface area contributed by atoms with Crippen molar-refractivity contribution in [3.63, 3.8) is 0 Å². The monoisotopic (exact) mass is 465 g/mol. The van der Waals surface area contributed by atoms with Gasteiger partial charge in [-0.15, -0.1) is 0 Å². The van der Waals surface area contributed by atoms with Crippen molar-refractivity contribution >= 4 is 56.6 Å². The van der Waals surface area contributed by atoms with Gasteiger partial charge in [0, 0.05) is 12.2 Å². The van der Waals surface area contributed by atoms with Crippen LogP contribution in [0, 0.1) is 0 Å². The Morgan fingerprint density at radius 2 is 1.65 bits per heavy atom. The average Bonchev–Trinajstić information content (AvgIpc) is 2.66. The molecule has 0 rings (SSSR count). The van der Waals surface area contributed by atoms with E-state index in [0.29, 0.717) is 0 Å². The molecule has 14 heteroatoms. The second-order valence-corrected chi connectivity index (χ2v) is 9.73. The summed E-state index contributed by atoms with van der Waals surface area (Å²) in [5.41, 5.74) is 5.32. The summed E-state index contributed by atoms with van der Waals surface area (Å²) < 4.78 is 4.46. The third-order valence-corrected chi connectivity index (χ3v) is 6.60. The predicted molar refractivity (Wildman–Crippen MR) is 112 cm³/mol. The van der Waals surface area contributed by atoms with Crippen molar-refractivity contribution < 1.29 is 48.8 Å². The Morgan fingerprint density at radius 3 is 2.10 bits per heavy atom. The minimum atomic E-state index is -2.74. The lowest BCUT2D eigenvalue weighted by atomic mass is 10.1. The van der Waals surface area contributed by atoms with Crippen LogP contribution in [0.5, 0.6) is 0 Å². The fourth-order valence-electron chi connectivity index (χ4n) is 2.31. The van der Waals surface area contributed by atoms with Gasteiger partial charge in [-0.05, 0) is 6.42 Å². The zero-order valence-electron chi connectivity index (χ0n) is 16.9. The maximum atomic E-state index is 12.4. The number of aliphatic carboxylic acids is 3. The molecular formula is C17H27N3O10S. The maximum Gasteiger partial charge on any atom is 0.322 e. The van der Waals surface area contributed by atoms with E-state index in [9.17, 15) is 33.9 Å². The van der Waals surface area contributed by atoms with E-state index in [1.165, 1.54) is 0 Å². The number of nitrogens with one attached hydrogen (secondary N) is 2. The molecule has 0 aromatic rings. The van der Waals surface area contributed by atoms with Crippen molar-refractivity contribution in [3.8, 4) is 0 Å². The van der Waals surface area contributed by atoms with Crippen LogP contribution in [0.3, 0.4) is 0 Å². The van der Waals surface area contributed by atoms with Crippen molar-refractivity contribution in [1.82, 2.24) is 10.6 Å². The molecule has 0 aromatic heterocycles. The molecule has 0 aliphatic rings. The highest BCUT2D eigenvalue weighted by molar-refractivity contribution is 8.28. The summed E-state index contributed by atoms with van der Waals surface area (Å²) >= 11 is 0. The fraction of sp³-hybridized carbons (Fsp3) is 0.529. The van der Waals surface area contributed by atoms with Crippen LogP contribution >= 0.6 is 9.21 Å². The lowest BCUT2D eigenvalue weighted by Gasteiger charge is -2.27. The SMILES string of the molecule is C=S(=C)(CC(NC(=O)CCC(N)C(=O)O)C(=O)NCC(=O)O)C(CC(=O)OC)C(=O)O. The molecule has 0 radical (unpaired) electrons. The van der Waals surface area contributed by atoms with Crippen LogP contribution in [0.1, 0.15) is 19.3 Å². The first-order valence-electron chi connectivity index (χ1n) is 8.74. The zero-order chi connectivity index (χ0) is 24.4. The Balaban J connectivity index is 5.56. The van der Waals surface area contributed by atoms with Gasteiger partial charge in [-0.3, -0.25) is 28.8 Å². The summed E-state index contributed by atoms with van der Waals surface area (Å²) in [5.74, 6) is 0.434. The lowest BCUT2D eigenvalue weighted by molar-refractivity contribution is -0.145. The van der Waals surface area contributed by atoms with Crippen LogP contribution in [0.25, 0.3) is 0 Å². The molecule has 2 amide bonds. The van der Waals surface area contributed by atoms with Gasteiger partial charge in [0.2, 0.25) is 11.8 Å². The van der Waals surface area contributed by atoms with E-state index in [1.807, 2.05) is 0 Å². The van der Waals surface area contributed by atoms with Crippen LogP contribution in [-0.4, -0.2) is 99.5 Å². The number of methoxy groups -OCH3 is 1. The Labute approximate surface area is 178 Å². The van der Waals surface area contributed by atoms with Crippen LogP contribution in [0.15, 0.2) is 0 Å². The topological polar surface area (TPSA) is 222 Å². The van der Waals surface area contributed by atoms with Crippen molar-refractivity contribution in [2.24, 2.45) is 5.73 Å². The van der Waals surface area contributed by atoms with Crippen LogP contribution < -0.4 is 16.4 Å². The van der Waals surface area contributed by atoms with Gasteiger partial charge in [0.05, 0.1) is 13.5 Å². The Kier molecular flexibility index (Phi) is 11.3. The van der Waals surface area contributed by atoms with Gasteiger partial charge in [0.15, 0.2) is 0 Å². The first-order valence-corrected chi connectivity index (χ1v) is 10.9. The highest BCUT2D eigenvalue weighted by Gasteiger charge is 2.31. The molecule has 0 aliphatic carbocycles. The molecule has 0 spiro atoms. The van der Waals surface area contributed by atoms with Gasteiger partial charge in [-0.2, -0.15) is 9.21 Å². The van der Waals surface area contributed by atoms with Crippen LogP contribution in [0.4, 0.5) is 0 Å². The number of ether oxygens (including phenoxy) is 1. The number of nitrogens with two attached hydrogens (primary N) is 1. The Bertz CT molecular complexity index is 824. The second kappa shape index (κ2) is 12.5. The van der Waals surface area contributed by atoms with Gasteiger partial charge in [-0.25, -0.2) is 0 Å². The van der Waals surface area contributed by atoms with Gasteiger partial charge in [0.1, 0.15) is 23.9 Å². The quantitative estimate of drug-likeness (QED) is 0.117. The molecule has 0 saturated heterocycles. The van der Waals surface area contributed by atoms with Crippen molar-refractivity contribution in [3.05, 3.63) is 0 Å². The number of esters is 1. The molecule has 0 heterocycles. The van der Waals surface area contributed by atoms with Crippen molar-refractivity contribution in [1.29, 1.82) is 0 Å². The molecule has 176 valence electrons. The number of carbonyl (C=O) groups is 6. The highest BCUT2D eigenvalue weighted by atomic mass is 32.2. The number of carboxylic acid groups (broad SMARTS) is 3. The smallest absolute Gasteiger partial charge is 0.322 e. The summed E-state index contributed by atoms with van der Waals surface area (Å²) in [6, 6.07) is -2.75. The standard InChI is InChI=1S/C17H27N3O10S/c1-30-14(24)6-11(17(28)29)31(2,3)8-10(15(25)19-7-13(22)23)20-12(21)5-4-9(18)16(26)27/h9-11H,2-8,18H2,1H3,(H,19,25)(H,20,21)(H,22,23)(H,26,27)(H,28,29). The lowest BCUT2D eigenvalue weighted by Crippen LogP contribution is -2.50. The van der Waals surface area contributed by atoms with E-state index in [0.717, 1.165) is 7.11 Å². The molecule has 0 saturated carbocycles. The van der Waals surface area contributed by atoms with Crippen molar-refractivity contribution in [2.75, 3.05) is 19.4 Å². The number of rotatable bonds is 14. The molecule has 0 bridgehead atoms. The van der Waals surface area contributed by atoms with Gasteiger partial charge in [-0.1, -0.05) is 11.7 Å². The molecule has 3 unspecified atom stereocenters. The molecule has 13 nitrogen and oxygen atoms in total. The molecule has 0 fully saturated rings. The molecule has 3 atom stereocenters. The van der Waals surface area contributed by atoms with Gasteiger partial charge < -0.3 is 36.4 Å². The summed E-state index contributed by atoms with van der Waals surface area (Å²) in [7, 11) is -1.68. The summed E-state index contributed by atoms with van der Waals surface area (Å²) in [5, 5.41) is 29.9. The van der Waals surface area contributed by atoms with Gasteiger partial charge in [0.25, 0.3) is 0 Å². The minimum Gasteiger partial charge on any atom is -0.480 e. The van der Waals surface area contributed by atoms with Crippen LogP contribution in [-0.2, 0) is 33.5 Å². The first kappa shape index (κ1) is 27.9.